The average Bonchev–Trinajstić information content (AvgIpc) is 3.18. The highest BCUT2D eigenvalue weighted by Gasteiger charge is 2.27. The zero-order chi connectivity index (χ0) is 23.5. The van der Waals surface area contributed by atoms with Gasteiger partial charge in [-0.2, -0.15) is 11.8 Å². The van der Waals surface area contributed by atoms with Gasteiger partial charge in [-0.05, 0) is 62.3 Å². The second kappa shape index (κ2) is 13.1. The predicted molar refractivity (Wildman–Crippen MR) is 129 cm³/mol. The second-order valence-corrected chi connectivity index (χ2v) is 8.75. The number of nitrogens with two attached hydrogens (primary N) is 3. The van der Waals surface area contributed by atoms with Gasteiger partial charge < -0.3 is 32.8 Å². The summed E-state index contributed by atoms with van der Waals surface area (Å²) in [4.78, 5) is 40.5. The Balaban J connectivity index is 2.04. The molecule has 9 N–H and O–H groups in total. The maximum absolute atomic E-state index is 12.8. The number of carbonyl (C=O) groups is 3. The minimum atomic E-state index is -0.831. The van der Waals surface area contributed by atoms with Crippen molar-refractivity contribution in [3.05, 3.63) is 36.0 Å². The Morgan fingerprint density at radius 1 is 1.06 bits per heavy atom. The van der Waals surface area contributed by atoms with E-state index in [1.165, 1.54) is 0 Å². The van der Waals surface area contributed by atoms with Gasteiger partial charge in [0.05, 0.1) is 6.04 Å². The smallest absolute Gasteiger partial charge is 0.243 e. The van der Waals surface area contributed by atoms with Crippen LogP contribution in [0, 0.1) is 0 Å². The summed E-state index contributed by atoms with van der Waals surface area (Å²) in [6.07, 6.45) is 6.25. The number of benzene rings is 1. The molecule has 0 aliphatic heterocycles. The number of primary amides is 1. The van der Waals surface area contributed by atoms with Gasteiger partial charge in [-0.1, -0.05) is 18.2 Å². The van der Waals surface area contributed by atoms with Crippen LogP contribution in [0.15, 0.2) is 30.5 Å². The normalized spacial score (nSPS) is 14.0. The summed E-state index contributed by atoms with van der Waals surface area (Å²) in [7, 11) is 0. The standard InChI is InChI=1S/C22H34N6O3S/c1-32-11-9-18(20(25)29)27-22(31)19(8-4-5-10-23)28-21(30)16(24)12-14-13-26-17-7-3-2-6-15(14)17/h2-3,6-7,13,16,18-19,26H,4-5,8-12,23-24H2,1H3,(H2,25,29)(H,27,31)(H,28,30)/t16-,18-,19-/m0/s1. The minimum absolute atomic E-state index is 0.324. The molecular formula is C22H34N6O3S. The SMILES string of the molecule is CSCC[C@H](NC(=O)[C@H](CCCCN)NC(=O)[C@@H](N)Cc1c[nH]c2ccccc12)C(N)=O. The fourth-order valence-electron chi connectivity index (χ4n) is 3.46. The van der Waals surface area contributed by atoms with Crippen LogP contribution in [-0.2, 0) is 20.8 Å². The van der Waals surface area contributed by atoms with Crippen LogP contribution in [0.2, 0.25) is 0 Å². The fraction of sp³-hybridized carbons (Fsp3) is 0.500. The van der Waals surface area contributed by atoms with E-state index in [2.05, 4.69) is 15.6 Å². The number of amides is 3. The molecule has 0 aliphatic rings. The van der Waals surface area contributed by atoms with Crippen molar-refractivity contribution >= 4 is 40.4 Å². The van der Waals surface area contributed by atoms with E-state index >= 15 is 0 Å². The number of nitrogens with one attached hydrogen (secondary N) is 3. The number of hydrogen-bond acceptors (Lipinski definition) is 6. The van der Waals surface area contributed by atoms with Crippen molar-refractivity contribution in [1.29, 1.82) is 0 Å². The number of unbranched alkanes of at least 4 members (excludes halogenated alkanes) is 1. The number of aromatic amines is 1. The fourth-order valence-corrected chi connectivity index (χ4v) is 3.94. The second-order valence-electron chi connectivity index (χ2n) is 7.76. The first-order valence-corrected chi connectivity index (χ1v) is 12.2. The maximum atomic E-state index is 12.8. The van der Waals surface area contributed by atoms with Gasteiger partial charge in [0.15, 0.2) is 0 Å². The summed E-state index contributed by atoms with van der Waals surface area (Å²) in [6, 6.07) is 5.33. The van der Waals surface area contributed by atoms with Crippen LogP contribution < -0.4 is 27.8 Å². The monoisotopic (exact) mass is 462 g/mol. The molecule has 1 aromatic heterocycles. The van der Waals surface area contributed by atoms with Crippen molar-refractivity contribution in [3.8, 4) is 0 Å². The van der Waals surface area contributed by atoms with Crippen molar-refractivity contribution in [2.75, 3.05) is 18.6 Å². The first kappa shape index (κ1) is 25.7. The third-order valence-electron chi connectivity index (χ3n) is 5.30. The van der Waals surface area contributed by atoms with E-state index in [-0.39, 0.29) is 0 Å². The third-order valence-corrected chi connectivity index (χ3v) is 5.95. The molecule has 2 aromatic rings. The van der Waals surface area contributed by atoms with Gasteiger partial charge in [0, 0.05) is 17.1 Å². The Morgan fingerprint density at radius 2 is 1.78 bits per heavy atom. The number of rotatable bonds is 14. The topological polar surface area (TPSA) is 169 Å². The molecule has 0 saturated heterocycles. The predicted octanol–water partition coefficient (Wildman–Crippen LogP) is 0.375. The van der Waals surface area contributed by atoms with Crippen molar-refractivity contribution in [1.82, 2.24) is 15.6 Å². The Labute approximate surface area is 192 Å². The van der Waals surface area contributed by atoms with E-state index in [0.717, 1.165) is 16.5 Å². The minimum Gasteiger partial charge on any atom is -0.368 e. The number of hydrogen-bond donors (Lipinski definition) is 6. The van der Waals surface area contributed by atoms with Crippen LogP contribution in [-0.4, -0.2) is 59.4 Å². The molecule has 32 heavy (non-hydrogen) atoms. The number of thioether (sulfide) groups is 1. The van der Waals surface area contributed by atoms with Gasteiger partial charge in [0.2, 0.25) is 17.7 Å². The van der Waals surface area contributed by atoms with E-state index in [1.54, 1.807) is 11.8 Å². The molecular weight excluding hydrogens is 428 g/mol. The number of para-hydroxylation sites is 1. The zero-order valence-electron chi connectivity index (χ0n) is 18.4. The summed E-state index contributed by atoms with van der Waals surface area (Å²) < 4.78 is 0. The van der Waals surface area contributed by atoms with Crippen molar-refractivity contribution in [3.63, 3.8) is 0 Å². The van der Waals surface area contributed by atoms with Crippen LogP contribution in [0.25, 0.3) is 10.9 Å². The molecule has 0 spiro atoms. The summed E-state index contributed by atoms with van der Waals surface area (Å²) in [6.45, 7) is 0.486. The summed E-state index contributed by atoms with van der Waals surface area (Å²) in [5, 5.41) is 6.43. The van der Waals surface area contributed by atoms with Crippen LogP contribution in [0.3, 0.4) is 0 Å². The Hall–Kier alpha value is -2.56. The molecule has 3 amide bonds. The van der Waals surface area contributed by atoms with Crippen molar-refractivity contribution in [2.45, 2.75) is 50.2 Å². The summed E-state index contributed by atoms with van der Waals surface area (Å²) in [5.41, 5.74) is 19.1. The van der Waals surface area contributed by atoms with E-state index < -0.39 is 35.8 Å². The molecule has 9 nitrogen and oxygen atoms in total. The lowest BCUT2D eigenvalue weighted by Crippen LogP contribution is -2.55. The van der Waals surface area contributed by atoms with Gasteiger partial charge >= 0.3 is 0 Å². The third kappa shape index (κ3) is 7.54. The van der Waals surface area contributed by atoms with Gasteiger partial charge in [-0.15, -0.1) is 0 Å². The van der Waals surface area contributed by atoms with Crippen molar-refractivity contribution < 1.29 is 14.4 Å². The molecule has 0 unspecified atom stereocenters. The summed E-state index contributed by atoms with van der Waals surface area (Å²) in [5.74, 6) is -0.800. The van der Waals surface area contributed by atoms with Gasteiger partial charge in [-0.25, -0.2) is 0 Å². The Bertz CT molecular complexity index is 903. The van der Waals surface area contributed by atoms with Gasteiger partial charge in [0.25, 0.3) is 0 Å². The average molecular weight is 463 g/mol. The molecule has 0 fully saturated rings. The number of fused-ring (bicyclic) bond motifs is 1. The number of carbonyl (C=O) groups excluding carboxylic acids is 3. The van der Waals surface area contributed by atoms with E-state index in [1.807, 2.05) is 36.7 Å². The lowest BCUT2D eigenvalue weighted by molar-refractivity contribution is -0.131. The van der Waals surface area contributed by atoms with Crippen LogP contribution in [0.1, 0.15) is 31.2 Å². The van der Waals surface area contributed by atoms with E-state index in [9.17, 15) is 14.4 Å². The van der Waals surface area contributed by atoms with Crippen LogP contribution in [0.4, 0.5) is 0 Å². The van der Waals surface area contributed by atoms with Crippen LogP contribution >= 0.6 is 11.8 Å². The Kier molecular flexibility index (Phi) is 10.5. The number of H-pyrrole nitrogens is 1. The highest BCUT2D eigenvalue weighted by Crippen LogP contribution is 2.18. The van der Waals surface area contributed by atoms with E-state index in [0.29, 0.717) is 44.4 Å². The lowest BCUT2D eigenvalue weighted by atomic mass is 10.0. The maximum Gasteiger partial charge on any atom is 0.243 e. The first-order valence-electron chi connectivity index (χ1n) is 10.8. The molecule has 10 heteroatoms. The molecule has 0 aliphatic carbocycles. The number of aromatic nitrogens is 1. The molecule has 2 rings (SSSR count). The van der Waals surface area contributed by atoms with Crippen molar-refractivity contribution in [2.24, 2.45) is 17.2 Å². The van der Waals surface area contributed by atoms with Crippen LogP contribution in [0.5, 0.6) is 0 Å². The highest BCUT2D eigenvalue weighted by atomic mass is 32.2. The quantitative estimate of drug-likeness (QED) is 0.222. The van der Waals surface area contributed by atoms with Gasteiger partial charge in [-0.3, -0.25) is 14.4 Å². The zero-order valence-corrected chi connectivity index (χ0v) is 19.3. The molecule has 176 valence electrons. The first-order chi connectivity index (χ1) is 15.4. The molecule has 0 saturated carbocycles. The largest absolute Gasteiger partial charge is 0.368 e. The highest BCUT2D eigenvalue weighted by molar-refractivity contribution is 7.98. The molecule has 0 bridgehead atoms. The Morgan fingerprint density at radius 3 is 2.47 bits per heavy atom. The molecule has 1 heterocycles. The van der Waals surface area contributed by atoms with Gasteiger partial charge in [0.1, 0.15) is 12.1 Å². The lowest BCUT2D eigenvalue weighted by Gasteiger charge is -2.23. The molecule has 0 radical (unpaired) electrons. The summed E-state index contributed by atoms with van der Waals surface area (Å²) >= 11 is 1.55. The van der Waals surface area contributed by atoms with E-state index in [4.69, 9.17) is 17.2 Å². The molecule has 3 atom stereocenters. The molecule has 1 aromatic carbocycles.